The van der Waals surface area contributed by atoms with Gasteiger partial charge in [0, 0.05) is 61.1 Å². The van der Waals surface area contributed by atoms with Gasteiger partial charge >= 0.3 is 6.15 Å². The van der Waals surface area contributed by atoms with Gasteiger partial charge in [-0.3, -0.25) is 19.4 Å². The molecule has 0 saturated carbocycles. The highest BCUT2D eigenvalue weighted by Gasteiger charge is 2.31. The van der Waals surface area contributed by atoms with Crippen LogP contribution >= 0.6 is 0 Å². The highest BCUT2D eigenvalue weighted by atomic mass is 16.5. The highest BCUT2D eigenvalue weighted by molar-refractivity contribution is 6.05. The Morgan fingerprint density at radius 2 is 1.64 bits per heavy atom. The van der Waals surface area contributed by atoms with Crippen LogP contribution < -0.4 is 20.1 Å². The second kappa shape index (κ2) is 16.4. The second-order valence-corrected chi connectivity index (χ2v) is 12.0. The van der Waals surface area contributed by atoms with E-state index < -0.39 is 0 Å². The third-order valence-electron chi connectivity index (χ3n) is 8.67. The average molecular weight is 678 g/mol. The number of fused-ring (bicyclic) bond motifs is 2. The number of benzene rings is 3. The number of carbonyl (C=O) groups is 3. The van der Waals surface area contributed by atoms with Crippen LogP contribution in [0, 0.1) is 6.92 Å². The molecule has 6 rings (SSSR count). The van der Waals surface area contributed by atoms with E-state index in [0.29, 0.717) is 46.1 Å². The minimum Gasteiger partial charge on any atom is -0.493 e. The number of piperidine rings is 1. The fraction of sp³-hybridized carbons (Fsp3) is 0.289. The molecule has 0 bridgehead atoms. The van der Waals surface area contributed by atoms with E-state index in [1.807, 2.05) is 42.4 Å². The van der Waals surface area contributed by atoms with Crippen LogP contribution in [-0.4, -0.2) is 65.9 Å². The number of rotatable bonds is 10. The van der Waals surface area contributed by atoms with Crippen LogP contribution in [0.3, 0.4) is 0 Å². The van der Waals surface area contributed by atoms with Gasteiger partial charge < -0.3 is 29.6 Å². The Kier molecular flexibility index (Phi) is 11.6. The zero-order valence-corrected chi connectivity index (χ0v) is 28.2. The first kappa shape index (κ1) is 35.3. The van der Waals surface area contributed by atoms with Gasteiger partial charge in [0.1, 0.15) is 0 Å². The topological polar surface area (TPSA) is 148 Å². The molecule has 3 aromatic carbocycles. The average Bonchev–Trinajstić information content (AvgIpc) is 3.39. The first-order chi connectivity index (χ1) is 24.2. The van der Waals surface area contributed by atoms with Crippen molar-refractivity contribution in [2.75, 3.05) is 30.9 Å². The summed E-state index contributed by atoms with van der Waals surface area (Å²) in [6.45, 7) is 3.06. The maximum Gasteiger partial charge on any atom is 0.373 e. The summed E-state index contributed by atoms with van der Waals surface area (Å²) in [5.74, 6) is 0.493. The van der Waals surface area contributed by atoms with Crippen molar-refractivity contribution in [3.8, 4) is 22.6 Å². The number of amides is 3. The summed E-state index contributed by atoms with van der Waals surface area (Å²) in [7, 11) is 3.55. The van der Waals surface area contributed by atoms with Crippen molar-refractivity contribution in [3.63, 3.8) is 0 Å². The molecule has 1 saturated heterocycles. The molecule has 2 aliphatic heterocycles. The lowest BCUT2D eigenvalue weighted by atomic mass is 10.0. The SMILES string of the molecule is COc1cc2c(cc1OCCCC(=O)Nc1ccc(C(=O)Nc3ccc(-c4cc(C)n(C)c4)cc3)cc1)N=C[C@@H]1CCCCN1C2=O.O=C=O. The van der Waals surface area contributed by atoms with Gasteiger partial charge in [0.25, 0.3) is 11.8 Å². The Labute approximate surface area is 290 Å². The van der Waals surface area contributed by atoms with E-state index in [1.54, 1.807) is 36.4 Å². The molecule has 2 N–H and O–H groups in total. The van der Waals surface area contributed by atoms with E-state index in [2.05, 4.69) is 39.4 Å². The zero-order valence-electron chi connectivity index (χ0n) is 28.2. The number of hydrogen-bond donors (Lipinski definition) is 2. The number of hydrogen-bond acceptors (Lipinski definition) is 8. The first-order valence-electron chi connectivity index (χ1n) is 16.3. The fourth-order valence-corrected chi connectivity index (χ4v) is 5.91. The molecule has 1 aromatic heterocycles. The summed E-state index contributed by atoms with van der Waals surface area (Å²) in [6.07, 6.45) is 7.87. The maximum atomic E-state index is 13.2. The molecule has 0 radical (unpaired) electrons. The lowest BCUT2D eigenvalue weighted by Gasteiger charge is -2.32. The van der Waals surface area contributed by atoms with Gasteiger partial charge in [-0.2, -0.15) is 9.59 Å². The van der Waals surface area contributed by atoms with Crippen LogP contribution in [0.5, 0.6) is 11.5 Å². The Balaban J connectivity index is 0.00000156. The molecule has 1 atom stereocenters. The molecule has 3 heterocycles. The Morgan fingerprint density at radius 1 is 0.940 bits per heavy atom. The van der Waals surface area contributed by atoms with E-state index in [0.717, 1.165) is 36.9 Å². The largest absolute Gasteiger partial charge is 0.493 e. The van der Waals surface area contributed by atoms with Crippen LogP contribution in [0.1, 0.15) is 58.5 Å². The minimum absolute atomic E-state index is 0.0129. The third kappa shape index (κ3) is 8.53. The lowest BCUT2D eigenvalue weighted by Crippen LogP contribution is -2.43. The van der Waals surface area contributed by atoms with E-state index in [4.69, 9.17) is 19.1 Å². The number of aliphatic imine (C=N–C) groups is 1. The zero-order chi connectivity index (χ0) is 35.6. The Hall–Kier alpha value is -6.00. The molecule has 3 amide bonds. The number of carbonyl (C=O) groups excluding carboxylic acids is 5. The number of nitrogens with zero attached hydrogens (tertiary/aromatic N) is 3. The predicted octanol–water partition coefficient (Wildman–Crippen LogP) is 6.19. The van der Waals surface area contributed by atoms with Crippen molar-refractivity contribution in [3.05, 3.63) is 89.7 Å². The van der Waals surface area contributed by atoms with Crippen LogP contribution in [0.15, 0.2) is 77.9 Å². The number of aryl methyl sites for hydroxylation is 2. The first-order valence-corrected chi connectivity index (χ1v) is 16.3. The number of ether oxygens (including phenoxy) is 2. The molecule has 4 aromatic rings. The molecule has 12 heteroatoms. The van der Waals surface area contributed by atoms with Gasteiger partial charge in [0.2, 0.25) is 5.91 Å². The van der Waals surface area contributed by atoms with E-state index >= 15 is 0 Å². The normalized spacial score (nSPS) is 14.6. The molecule has 0 unspecified atom stereocenters. The van der Waals surface area contributed by atoms with Gasteiger partial charge in [-0.1, -0.05) is 12.1 Å². The third-order valence-corrected chi connectivity index (χ3v) is 8.67. The predicted molar refractivity (Wildman–Crippen MR) is 188 cm³/mol. The summed E-state index contributed by atoms with van der Waals surface area (Å²) in [6, 6.07) is 20.1. The van der Waals surface area contributed by atoms with E-state index in [9.17, 15) is 14.4 Å². The molecule has 1 fully saturated rings. The monoisotopic (exact) mass is 677 g/mol. The minimum atomic E-state index is -0.234. The van der Waals surface area contributed by atoms with Crippen molar-refractivity contribution in [1.82, 2.24) is 9.47 Å². The number of anilines is 2. The summed E-state index contributed by atoms with van der Waals surface area (Å²) in [4.78, 5) is 61.4. The van der Waals surface area contributed by atoms with Crippen LogP contribution in [0.4, 0.5) is 17.1 Å². The highest BCUT2D eigenvalue weighted by Crippen LogP contribution is 2.38. The van der Waals surface area contributed by atoms with Gasteiger partial charge in [-0.15, -0.1) is 0 Å². The van der Waals surface area contributed by atoms with Crippen molar-refractivity contribution in [2.24, 2.45) is 12.0 Å². The molecule has 0 spiro atoms. The molecular weight excluding hydrogens is 638 g/mol. The Bertz CT molecular complexity index is 1890. The smallest absolute Gasteiger partial charge is 0.373 e. The van der Waals surface area contributed by atoms with Gasteiger partial charge in [-0.25, -0.2) is 0 Å². The molecule has 0 aliphatic carbocycles. The Morgan fingerprint density at radius 3 is 2.32 bits per heavy atom. The van der Waals surface area contributed by atoms with Gasteiger partial charge in [0.05, 0.1) is 31.0 Å². The van der Waals surface area contributed by atoms with Crippen molar-refractivity contribution < 1.29 is 33.4 Å². The van der Waals surface area contributed by atoms with E-state index in [-0.39, 0.29) is 42.9 Å². The van der Waals surface area contributed by atoms with Crippen LogP contribution in [-0.2, 0) is 21.4 Å². The molecule has 2 aliphatic rings. The standard InChI is InChI=1S/C37H39N5O5.CO2/c1-24-19-27(23-41(24)2)25-9-13-29(14-10-25)40-36(44)26-11-15-28(16-12-26)39-35(43)8-6-18-47-34-21-32-31(20-33(34)46-3)37(45)42-17-5-4-7-30(42)22-38-32;2-1-3/h9-16,19-23,30H,4-8,17-18H2,1-3H3,(H,39,43)(H,40,44);/t30-;/m0./s1. The summed E-state index contributed by atoms with van der Waals surface area (Å²) in [5, 5.41) is 5.79. The molecular formula is C38H39N5O7. The summed E-state index contributed by atoms with van der Waals surface area (Å²) < 4.78 is 13.6. The maximum absolute atomic E-state index is 13.2. The molecule has 258 valence electrons. The van der Waals surface area contributed by atoms with Gasteiger partial charge in [0.15, 0.2) is 11.5 Å². The summed E-state index contributed by atoms with van der Waals surface area (Å²) >= 11 is 0. The van der Waals surface area contributed by atoms with Crippen LogP contribution in [0.25, 0.3) is 11.1 Å². The number of methoxy groups -OCH3 is 1. The number of aromatic nitrogens is 1. The quantitative estimate of drug-likeness (QED) is 0.190. The number of nitrogens with one attached hydrogen (secondary N) is 2. The molecule has 12 nitrogen and oxygen atoms in total. The van der Waals surface area contributed by atoms with Crippen molar-refractivity contribution in [1.29, 1.82) is 0 Å². The van der Waals surface area contributed by atoms with Crippen molar-refractivity contribution in [2.45, 2.75) is 45.1 Å². The van der Waals surface area contributed by atoms with Gasteiger partial charge in [-0.05, 0) is 92.3 Å². The van der Waals surface area contributed by atoms with Crippen LogP contribution in [0.2, 0.25) is 0 Å². The second-order valence-electron chi connectivity index (χ2n) is 12.0. The molecule has 50 heavy (non-hydrogen) atoms. The summed E-state index contributed by atoms with van der Waals surface area (Å²) in [5.41, 5.74) is 6.23. The van der Waals surface area contributed by atoms with E-state index in [1.165, 1.54) is 12.8 Å². The van der Waals surface area contributed by atoms with Crippen molar-refractivity contribution >= 4 is 47.1 Å². The fourth-order valence-electron chi connectivity index (χ4n) is 5.91. The lowest BCUT2D eigenvalue weighted by molar-refractivity contribution is -0.191.